The maximum absolute atomic E-state index is 13.7. The first-order valence-electron chi connectivity index (χ1n) is 14.9. The maximum atomic E-state index is 13.7. The van der Waals surface area contributed by atoms with Gasteiger partial charge in [-0.3, -0.25) is 19.8 Å². The van der Waals surface area contributed by atoms with Crippen LogP contribution in [0.3, 0.4) is 0 Å². The van der Waals surface area contributed by atoms with Crippen LogP contribution < -0.4 is 30.6 Å². The van der Waals surface area contributed by atoms with Gasteiger partial charge in [0, 0.05) is 11.3 Å². The van der Waals surface area contributed by atoms with Crippen LogP contribution in [0.15, 0.2) is 54.6 Å². The molecule has 0 radical (unpaired) electrons. The van der Waals surface area contributed by atoms with Crippen LogP contribution >= 0.6 is 0 Å². The molecule has 3 aromatic rings. The van der Waals surface area contributed by atoms with Crippen LogP contribution in [0, 0.1) is 5.41 Å². The number of carbonyl (C=O) groups excluding carboxylic acids is 3. The number of hydrogen-bond acceptors (Lipinski definition) is 9. The highest BCUT2D eigenvalue weighted by molar-refractivity contribution is 6.01. The lowest BCUT2D eigenvalue weighted by Crippen LogP contribution is -2.35. The monoisotopic (exact) mass is 646 g/mol. The van der Waals surface area contributed by atoms with Gasteiger partial charge < -0.3 is 40.4 Å². The Hall–Kier alpha value is -5.59. The van der Waals surface area contributed by atoms with E-state index < -0.39 is 41.9 Å². The SMILES string of the molecule is COc1ccc(CC(C(=O)O)c2ccc(C(=O)NCC(=O)OC(C)(C)C)c3c2OC(=O)c2ccc(NC(=N)N)cc2CCCO3)cc1. The van der Waals surface area contributed by atoms with E-state index >= 15 is 0 Å². The van der Waals surface area contributed by atoms with Crippen molar-refractivity contribution in [3.8, 4) is 17.2 Å². The molecule has 1 aliphatic rings. The van der Waals surface area contributed by atoms with Gasteiger partial charge in [0.2, 0.25) is 0 Å². The number of nitrogens with two attached hydrogens (primary N) is 1. The molecule has 0 aromatic heterocycles. The lowest BCUT2D eigenvalue weighted by atomic mass is 9.90. The predicted molar refractivity (Wildman–Crippen MR) is 172 cm³/mol. The molecular formula is C34H38N4O9. The lowest BCUT2D eigenvalue weighted by molar-refractivity contribution is -0.153. The number of aryl methyl sites for hydroxylation is 1. The minimum atomic E-state index is -1.21. The molecule has 1 heterocycles. The summed E-state index contributed by atoms with van der Waals surface area (Å²) in [5, 5.41) is 23.1. The molecule has 0 aliphatic carbocycles. The van der Waals surface area contributed by atoms with Crippen molar-refractivity contribution >= 4 is 35.5 Å². The summed E-state index contributed by atoms with van der Waals surface area (Å²) in [5.41, 5.74) is 6.73. The van der Waals surface area contributed by atoms with Gasteiger partial charge in [0.15, 0.2) is 17.5 Å². The Morgan fingerprint density at radius 1 is 1.06 bits per heavy atom. The molecule has 1 aliphatic heterocycles. The number of amides is 1. The van der Waals surface area contributed by atoms with Crippen molar-refractivity contribution in [2.24, 2.45) is 5.73 Å². The summed E-state index contributed by atoms with van der Waals surface area (Å²) in [7, 11) is 1.52. The second kappa shape index (κ2) is 14.7. The Kier molecular flexibility index (Phi) is 10.7. The molecule has 47 heavy (non-hydrogen) atoms. The number of guanidine groups is 1. The third-order valence-corrected chi connectivity index (χ3v) is 7.11. The highest BCUT2D eigenvalue weighted by Crippen LogP contribution is 2.42. The minimum absolute atomic E-state index is 0.0180. The quantitative estimate of drug-likeness (QED) is 0.0973. The predicted octanol–water partition coefficient (Wildman–Crippen LogP) is 4.03. The standard InChI is InChI=1S/C34H38N4O9/c1-34(2,3)47-27(39)18-37-30(40)25-14-13-24(26(31(41)42)16-19-7-10-22(44-4)11-8-19)29-28(25)45-15-5-6-20-17-21(38-33(35)36)9-12-23(20)32(43)46-29/h7-14,17,26H,5-6,15-16,18H2,1-4H3,(H,37,40)(H,41,42)(H4,35,36,38). The molecule has 1 atom stereocenters. The van der Waals surface area contributed by atoms with Gasteiger partial charge >= 0.3 is 17.9 Å². The van der Waals surface area contributed by atoms with Crippen molar-refractivity contribution in [3.63, 3.8) is 0 Å². The third kappa shape index (κ3) is 9.00. The number of rotatable bonds is 9. The zero-order valence-electron chi connectivity index (χ0n) is 26.6. The highest BCUT2D eigenvalue weighted by Gasteiger charge is 2.32. The molecule has 13 heteroatoms. The number of methoxy groups -OCH3 is 1. The van der Waals surface area contributed by atoms with Gasteiger partial charge in [-0.25, -0.2) is 4.79 Å². The number of fused-ring (bicyclic) bond motifs is 2. The van der Waals surface area contributed by atoms with Gasteiger partial charge in [-0.15, -0.1) is 0 Å². The van der Waals surface area contributed by atoms with E-state index in [0.29, 0.717) is 35.4 Å². The summed E-state index contributed by atoms with van der Waals surface area (Å²) in [4.78, 5) is 52.2. The number of nitrogens with one attached hydrogen (secondary N) is 3. The van der Waals surface area contributed by atoms with Crippen LogP contribution in [-0.4, -0.2) is 60.7 Å². The average Bonchev–Trinajstić information content (AvgIpc) is 3.00. The molecule has 4 rings (SSSR count). The Labute approximate surface area is 271 Å². The van der Waals surface area contributed by atoms with Gasteiger partial charge in [-0.05, 0) is 87.6 Å². The average molecular weight is 647 g/mol. The summed E-state index contributed by atoms with van der Waals surface area (Å²) in [6, 6.07) is 14.4. The molecule has 0 bridgehead atoms. The van der Waals surface area contributed by atoms with E-state index in [4.69, 9.17) is 30.1 Å². The van der Waals surface area contributed by atoms with Crippen LogP contribution in [-0.2, 0) is 27.2 Å². The van der Waals surface area contributed by atoms with Gasteiger partial charge in [0.25, 0.3) is 5.91 Å². The van der Waals surface area contributed by atoms with Crippen LogP contribution in [0.2, 0.25) is 0 Å². The fourth-order valence-corrected chi connectivity index (χ4v) is 5.05. The van der Waals surface area contributed by atoms with Gasteiger partial charge in [-0.2, -0.15) is 0 Å². The first-order chi connectivity index (χ1) is 22.3. The van der Waals surface area contributed by atoms with E-state index in [1.807, 2.05) is 0 Å². The van der Waals surface area contributed by atoms with E-state index in [1.165, 1.54) is 25.3 Å². The smallest absolute Gasteiger partial charge is 0.343 e. The number of ether oxygens (including phenoxy) is 4. The topological polar surface area (TPSA) is 199 Å². The Morgan fingerprint density at radius 3 is 2.43 bits per heavy atom. The number of esters is 2. The number of aliphatic carboxylic acids is 1. The van der Waals surface area contributed by atoms with E-state index in [2.05, 4.69) is 10.6 Å². The molecular weight excluding hydrogens is 608 g/mol. The summed E-state index contributed by atoms with van der Waals surface area (Å²) >= 11 is 0. The van der Waals surface area contributed by atoms with Gasteiger partial charge in [0.05, 0.1) is 30.8 Å². The first kappa shape index (κ1) is 34.3. The molecule has 0 fully saturated rings. The molecule has 248 valence electrons. The molecule has 13 nitrogen and oxygen atoms in total. The normalized spacial score (nSPS) is 13.4. The summed E-state index contributed by atoms with van der Waals surface area (Å²) in [6.45, 7) is 4.73. The lowest BCUT2D eigenvalue weighted by Gasteiger charge is -2.24. The fourth-order valence-electron chi connectivity index (χ4n) is 5.05. The van der Waals surface area contributed by atoms with Crippen molar-refractivity contribution in [1.82, 2.24) is 5.32 Å². The zero-order chi connectivity index (χ0) is 34.3. The van der Waals surface area contributed by atoms with Crippen molar-refractivity contribution in [2.75, 3.05) is 25.6 Å². The second-order valence-electron chi connectivity index (χ2n) is 11.8. The molecule has 1 unspecified atom stereocenters. The third-order valence-electron chi connectivity index (χ3n) is 7.11. The largest absolute Gasteiger partial charge is 0.497 e. The number of anilines is 1. The summed E-state index contributed by atoms with van der Waals surface area (Å²) in [5.74, 6) is -4.61. The van der Waals surface area contributed by atoms with Crippen molar-refractivity contribution < 1.29 is 43.2 Å². The van der Waals surface area contributed by atoms with Crippen LogP contribution in [0.5, 0.6) is 17.2 Å². The van der Waals surface area contributed by atoms with E-state index in [0.717, 1.165) is 0 Å². The first-order valence-corrected chi connectivity index (χ1v) is 14.9. The molecule has 1 amide bonds. The number of carboxylic acids is 1. The van der Waals surface area contributed by atoms with E-state index in [1.54, 1.807) is 57.2 Å². The highest BCUT2D eigenvalue weighted by atomic mass is 16.6. The van der Waals surface area contributed by atoms with Gasteiger partial charge in [0.1, 0.15) is 17.9 Å². The van der Waals surface area contributed by atoms with Crippen molar-refractivity contribution in [2.45, 2.75) is 51.6 Å². The Balaban J connectivity index is 1.79. The van der Waals surface area contributed by atoms with Gasteiger partial charge in [-0.1, -0.05) is 18.2 Å². The molecule has 6 N–H and O–H groups in total. The van der Waals surface area contributed by atoms with E-state index in [9.17, 15) is 24.3 Å². The van der Waals surface area contributed by atoms with Crippen LogP contribution in [0.4, 0.5) is 5.69 Å². The molecule has 3 aromatic carbocycles. The number of hydrogen-bond donors (Lipinski definition) is 5. The van der Waals surface area contributed by atoms with Crippen molar-refractivity contribution in [3.05, 3.63) is 82.4 Å². The number of benzene rings is 3. The number of carboxylic acid groups (broad SMARTS) is 1. The van der Waals surface area contributed by atoms with E-state index in [-0.39, 0.29) is 47.2 Å². The molecule has 0 saturated heterocycles. The van der Waals surface area contributed by atoms with Crippen molar-refractivity contribution in [1.29, 1.82) is 5.41 Å². The fraction of sp³-hybridized carbons (Fsp3) is 0.324. The second-order valence-corrected chi connectivity index (χ2v) is 11.8. The zero-order valence-corrected chi connectivity index (χ0v) is 26.6. The maximum Gasteiger partial charge on any atom is 0.343 e. The summed E-state index contributed by atoms with van der Waals surface area (Å²) in [6.07, 6.45) is 0.799. The Morgan fingerprint density at radius 2 is 1.79 bits per heavy atom. The number of carbonyl (C=O) groups is 4. The molecule has 0 saturated carbocycles. The summed E-state index contributed by atoms with van der Waals surface area (Å²) < 4.78 is 22.5. The minimum Gasteiger partial charge on any atom is -0.497 e. The van der Waals surface area contributed by atoms with Crippen LogP contribution in [0.25, 0.3) is 0 Å². The van der Waals surface area contributed by atoms with Crippen LogP contribution in [0.1, 0.15) is 70.5 Å². The Bertz CT molecular complexity index is 1680. The molecule has 0 spiro atoms.